The number of carbonyl (C=O) groups is 3. The fourth-order valence-electron chi connectivity index (χ4n) is 2.48. The molecule has 0 saturated carbocycles. The molecule has 1 aromatic carbocycles. The molecule has 1 aliphatic rings. The van der Waals surface area contributed by atoms with Crippen LogP contribution in [0.25, 0.3) is 0 Å². The molecule has 1 aromatic rings. The van der Waals surface area contributed by atoms with Gasteiger partial charge >= 0.3 is 5.97 Å². The van der Waals surface area contributed by atoms with E-state index in [0.717, 1.165) is 0 Å². The number of Topliss-reactive ketones (excluding diaryl/α,β-unsaturated/α-hetero) is 2. The lowest BCUT2D eigenvalue weighted by atomic mass is 9.71. The number of carboxylic acids is 1. The van der Waals surface area contributed by atoms with Crippen LogP contribution in [0.1, 0.15) is 35.7 Å². The highest BCUT2D eigenvalue weighted by Gasteiger charge is 2.45. The summed E-state index contributed by atoms with van der Waals surface area (Å²) in [6.45, 7) is 1.38. The number of rotatable bonds is 4. The van der Waals surface area contributed by atoms with Crippen molar-refractivity contribution in [1.82, 2.24) is 0 Å². The van der Waals surface area contributed by atoms with E-state index >= 15 is 0 Å². The highest BCUT2D eigenvalue weighted by Crippen LogP contribution is 2.41. The number of aliphatic hydroxyl groups is 1. The molecule has 2 N–H and O–H groups in total. The Labute approximate surface area is 136 Å². The van der Waals surface area contributed by atoms with Crippen LogP contribution in [-0.4, -0.2) is 27.7 Å². The zero-order valence-electron chi connectivity index (χ0n) is 12.1. The number of nitriles is 1. The van der Waals surface area contributed by atoms with E-state index in [1.54, 1.807) is 0 Å². The quantitative estimate of drug-likeness (QED) is 0.818. The van der Waals surface area contributed by atoms with Crippen molar-refractivity contribution in [3.8, 4) is 6.07 Å². The van der Waals surface area contributed by atoms with E-state index in [-0.39, 0.29) is 16.1 Å². The van der Waals surface area contributed by atoms with Gasteiger partial charge in [0.2, 0.25) is 0 Å². The highest BCUT2D eigenvalue weighted by atomic mass is 35.5. The maximum absolute atomic E-state index is 12.5. The molecule has 1 atom stereocenters. The van der Waals surface area contributed by atoms with E-state index in [0.29, 0.717) is 0 Å². The molecule has 0 saturated heterocycles. The number of hydrogen-bond acceptors (Lipinski definition) is 5. The smallest absolute Gasteiger partial charge is 0.303 e. The standard InChI is InChI=1S/C16H12ClNO5/c1-16(7-18)10-3-2-8(17)6-9(10)14(22)13(15(16)23)11(19)4-5-12(20)21/h2-3,6,23H,4-5H2,1H3,(H,20,21). The van der Waals surface area contributed by atoms with Crippen LogP contribution in [0.5, 0.6) is 0 Å². The molecule has 6 nitrogen and oxygen atoms in total. The first kappa shape index (κ1) is 16.7. The van der Waals surface area contributed by atoms with Gasteiger partial charge in [-0.25, -0.2) is 0 Å². The van der Waals surface area contributed by atoms with Crippen LogP contribution in [0.2, 0.25) is 5.02 Å². The van der Waals surface area contributed by atoms with Crippen molar-refractivity contribution in [3.63, 3.8) is 0 Å². The number of aliphatic hydroxyl groups excluding tert-OH is 1. The molecule has 1 aliphatic carbocycles. The Bertz CT molecular complexity index is 805. The summed E-state index contributed by atoms with van der Waals surface area (Å²) in [4.78, 5) is 35.3. The molecule has 0 aliphatic heterocycles. The third kappa shape index (κ3) is 2.71. The Balaban J connectivity index is 2.61. The van der Waals surface area contributed by atoms with Gasteiger partial charge in [-0.05, 0) is 24.6 Å². The summed E-state index contributed by atoms with van der Waals surface area (Å²) in [7, 11) is 0. The molecule has 0 amide bonds. The van der Waals surface area contributed by atoms with E-state index in [2.05, 4.69) is 0 Å². The summed E-state index contributed by atoms with van der Waals surface area (Å²) >= 11 is 5.87. The molecule has 0 fully saturated rings. The third-order valence-corrected chi connectivity index (χ3v) is 4.01. The van der Waals surface area contributed by atoms with Crippen LogP contribution in [0.4, 0.5) is 0 Å². The molecule has 0 aromatic heterocycles. The lowest BCUT2D eigenvalue weighted by Gasteiger charge is -2.30. The van der Waals surface area contributed by atoms with Crippen LogP contribution in [-0.2, 0) is 15.0 Å². The zero-order valence-corrected chi connectivity index (χ0v) is 12.8. The van der Waals surface area contributed by atoms with Gasteiger partial charge < -0.3 is 10.2 Å². The molecule has 23 heavy (non-hydrogen) atoms. The van der Waals surface area contributed by atoms with Crippen LogP contribution in [0.3, 0.4) is 0 Å². The lowest BCUT2D eigenvalue weighted by Crippen LogP contribution is -2.35. The van der Waals surface area contributed by atoms with E-state index in [4.69, 9.17) is 16.7 Å². The Morgan fingerprint density at radius 3 is 2.57 bits per heavy atom. The molecule has 0 radical (unpaired) electrons. The molecule has 0 bridgehead atoms. The average molecular weight is 334 g/mol. The van der Waals surface area contributed by atoms with E-state index < -0.39 is 47.1 Å². The van der Waals surface area contributed by atoms with Gasteiger partial charge in [-0.15, -0.1) is 0 Å². The van der Waals surface area contributed by atoms with Crippen molar-refractivity contribution in [2.45, 2.75) is 25.2 Å². The van der Waals surface area contributed by atoms with E-state index in [1.165, 1.54) is 25.1 Å². The number of allylic oxidation sites excluding steroid dienone is 2. The molecular weight excluding hydrogens is 322 g/mol. The molecule has 118 valence electrons. The molecule has 7 heteroatoms. The van der Waals surface area contributed by atoms with Crippen molar-refractivity contribution in [2.24, 2.45) is 0 Å². The van der Waals surface area contributed by atoms with Crippen LogP contribution < -0.4 is 0 Å². The fourth-order valence-corrected chi connectivity index (χ4v) is 2.65. The topological polar surface area (TPSA) is 115 Å². The van der Waals surface area contributed by atoms with Crippen molar-refractivity contribution in [1.29, 1.82) is 5.26 Å². The van der Waals surface area contributed by atoms with Crippen molar-refractivity contribution >= 4 is 29.1 Å². The van der Waals surface area contributed by atoms with Crippen molar-refractivity contribution < 1.29 is 24.6 Å². The minimum absolute atomic E-state index is 0.0537. The lowest BCUT2D eigenvalue weighted by molar-refractivity contribution is -0.138. The average Bonchev–Trinajstić information content (AvgIpc) is 2.50. The van der Waals surface area contributed by atoms with Gasteiger partial charge in [0, 0.05) is 17.0 Å². The predicted octanol–water partition coefficient (Wildman–Crippen LogP) is 2.56. The second kappa shape index (κ2) is 5.86. The Morgan fingerprint density at radius 1 is 1.35 bits per heavy atom. The first-order valence-corrected chi connectivity index (χ1v) is 7.05. The summed E-state index contributed by atoms with van der Waals surface area (Å²) < 4.78 is 0. The van der Waals surface area contributed by atoms with Gasteiger partial charge in [0.05, 0.1) is 12.5 Å². The number of benzene rings is 1. The number of nitrogens with zero attached hydrogens (tertiary/aromatic N) is 1. The summed E-state index contributed by atoms with van der Waals surface area (Å²) in [6, 6.07) is 6.16. The van der Waals surface area contributed by atoms with Gasteiger partial charge in [0.25, 0.3) is 0 Å². The third-order valence-electron chi connectivity index (χ3n) is 3.77. The zero-order chi connectivity index (χ0) is 17.4. The predicted molar refractivity (Wildman–Crippen MR) is 80.3 cm³/mol. The number of carbonyl (C=O) groups excluding carboxylic acids is 2. The highest BCUT2D eigenvalue weighted by molar-refractivity contribution is 6.33. The number of carboxylic acid groups (broad SMARTS) is 1. The number of halogens is 1. The molecular formula is C16H12ClNO5. The van der Waals surface area contributed by atoms with E-state index in [9.17, 15) is 24.8 Å². The number of aliphatic carboxylic acids is 1. The SMILES string of the molecule is CC1(C#N)C(O)=C(C(=O)CCC(=O)O)C(=O)c2cc(Cl)ccc21. The van der Waals surface area contributed by atoms with Gasteiger partial charge in [0.15, 0.2) is 11.6 Å². The normalized spacial score (nSPS) is 20.0. The Morgan fingerprint density at radius 2 is 2.00 bits per heavy atom. The van der Waals surface area contributed by atoms with Gasteiger partial charge in [-0.2, -0.15) is 5.26 Å². The number of hydrogen-bond donors (Lipinski definition) is 2. The molecule has 1 unspecified atom stereocenters. The number of ketones is 2. The van der Waals surface area contributed by atoms with E-state index in [1.807, 2.05) is 6.07 Å². The summed E-state index contributed by atoms with van der Waals surface area (Å²) in [5.74, 6) is -3.44. The maximum atomic E-state index is 12.5. The minimum Gasteiger partial charge on any atom is -0.509 e. The van der Waals surface area contributed by atoms with Crippen molar-refractivity contribution in [3.05, 3.63) is 45.7 Å². The largest absolute Gasteiger partial charge is 0.509 e. The molecule has 2 rings (SSSR count). The summed E-state index contributed by atoms with van der Waals surface area (Å²) in [5, 5.41) is 28.7. The maximum Gasteiger partial charge on any atom is 0.303 e. The molecule has 0 spiro atoms. The summed E-state index contributed by atoms with van der Waals surface area (Å²) in [5.41, 5.74) is -1.83. The van der Waals surface area contributed by atoms with Crippen LogP contribution in [0.15, 0.2) is 29.5 Å². The van der Waals surface area contributed by atoms with Crippen LogP contribution in [0, 0.1) is 11.3 Å². The second-order valence-electron chi connectivity index (χ2n) is 5.30. The van der Waals surface area contributed by atoms with Gasteiger partial charge in [-0.1, -0.05) is 17.7 Å². The van der Waals surface area contributed by atoms with Gasteiger partial charge in [0.1, 0.15) is 16.7 Å². The Kier molecular flexibility index (Phi) is 4.26. The first-order chi connectivity index (χ1) is 10.7. The summed E-state index contributed by atoms with van der Waals surface area (Å²) in [6.07, 6.45) is -0.924. The van der Waals surface area contributed by atoms with Crippen molar-refractivity contribution in [2.75, 3.05) is 0 Å². The monoisotopic (exact) mass is 333 g/mol. The number of fused-ring (bicyclic) bond motifs is 1. The minimum atomic E-state index is -1.58. The second-order valence-corrected chi connectivity index (χ2v) is 5.73. The first-order valence-electron chi connectivity index (χ1n) is 6.67. The van der Waals surface area contributed by atoms with Gasteiger partial charge in [-0.3, -0.25) is 14.4 Å². The van der Waals surface area contributed by atoms with Crippen LogP contribution >= 0.6 is 11.6 Å². The fraction of sp³-hybridized carbons (Fsp3) is 0.250. The Hall–Kier alpha value is -2.65. The molecule has 0 heterocycles.